The third-order valence-electron chi connectivity index (χ3n) is 5.26. The first kappa shape index (κ1) is 14.3. The summed E-state index contributed by atoms with van der Waals surface area (Å²) in [6.07, 6.45) is 7.35. The first-order chi connectivity index (χ1) is 9.79. The molecule has 4 atom stereocenters. The zero-order valence-corrected chi connectivity index (χ0v) is 12.6. The average molecular weight is 280 g/mol. The molecule has 2 aliphatic heterocycles. The fourth-order valence-corrected chi connectivity index (χ4v) is 4.21. The predicted molar refractivity (Wildman–Crippen MR) is 78.5 cm³/mol. The van der Waals surface area contributed by atoms with Crippen LogP contribution < -0.4 is 5.32 Å². The van der Waals surface area contributed by atoms with Crippen molar-refractivity contribution in [2.45, 2.75) is 57.6 Å². The lowest BCUT2D eigenvalue weighted by Crippen LogP contribution is -2.51. The van der Waals surface area contributed by atoms with E-state index in [4.69, 9.17) is 4.74 Å². The fourth-order valence-electron chi connectivity index (χ4n) is 4.21. The minimum Gasteiger partial charge on any atom is -0.376 e. The summed E-state index contributed by atoms with van der Waals surface area (Å²) in [6, 6.07) is 0.0902. The second-order valence-corrected chi connectivity index (χ2v) is 6.66. The number of piperidine rings is 1. The molecule has 0 spiro atoms. The van der Waals surface area contributed by atoms with Crippen molar-refractivity contribution in [3.05, 3.63) is 0 Å². The number of ether oxygens (including phenoxy) is 1. The van der Waals surface area contributed by atoms with E-state index in [2.05, 4.69) is 17.1 Å². The van der Waals surface area contributed by atoms with E-state index in [0.29, 0.717) is 11.8 Å². The largest absolute Gasteiger partial charge is 0.376 e. The molecule has 0 aromatic rings. The highest BCUT2D eigenvalue weighted by Crippen LogP contribution is 2.38. The SMILES string of the molecule is CCCOC1CCCN(C(=O)C2NCC3CCCC32)C1. The van der Waals surface area contributed by atoms with Gasteiger partial charge in [0.2, 0.25) is 5.91 Å². The maximum atomic E-state index is 12.8. The minimum atomic E-state index is 0.0902. The normalized spacial score (nSPS) is 37.1. The highest BCUT2D eigenvalue weighted by atomic mass is 16.5. The summed E-state index contributed by atoms with van der Waals surface area (Å²) in [6.45, 7) is 5.72. The first-order valence-electron chi connectivity index (χ1n) is 8.43. The highest BCUT2D eigenvalue weighted by Gasteiger charge is 2.44. The van der Waals surface area contributed by atoms with Crippen molar-refractivity contribution in [1.29, 1.82) is 0 Å². The Bertz CT molecular complexity index is 347. The third kappa shape index (κ3) is 2.86. The van der Waals surface area contributed by atoms with E-state index in [1.807, 2.05) is 0 Å². The Morgan fingerprint density at radius 2 is 2.20 bits per heavy atom. The van der Waals surface area contributed by atoms with Crippen LogP contribution in [-0.4, -0.2) is 49.2 Å². The standard InChI is InChI=1S/C16H28N2O2/c1-2-9-20-13-6-4-8-18(11-13)16(19)15-14-7-3-5-12(14)10-17-15/h12-15,17H,2-11H2,1H3. The number of likely N-dealkylation sites (tertiary alicyclic amines) is 1. The number of hydrogen-bond acceptors (Lipinski definition) is 3. The number of hydrogen-bond donors (Lipinski definition) is 1. The van der Waals surface area contributed by atoms with Crippen molar-refractivity contribution in [1.82, 2.24) is 10.2 Å². The van der Waals surface area contributed by atoms with E-state index < -0.39 is 0 Å². The van der Waals surface area contributed by atoms with Gasteiger partial charge in [0.1, 0.15) is 0 Å². The second kappa shape index (κ2) is 6.44. The smallest absolute Gasteiger partial charge is 0.240 e. The van der Waals surface area contributed by atoms with E-state index in [0.717, 1.165) is 51.4 Å². The summed E-state index contributed by atoms with van der Waals surface area (Å²) in [7, 11) is 0. The number of carbonyl (C=O) groups is 1. The van der Waals surface area contributed by atoms with Crippen LogP contribution in [0.25, 0.3) is 0 Å². The van der Waals surface area contributed by atoms with Crippen molar-refractivity contribution in [2.75, 3.05) is 26.2 Å². The molecule has 3 fully saturated rings. The molecule has 1 N–H and O–H groups in total. The van der Waals surface area contributed by atoms with Crippen molar-refractivity contribution in [2.24, 2.45) is 11.8 Å². The van der Waals surface area contributed by atoms with Crippen LogP contribution in [0.1, 0.15) is 45.4 Å². The maximum Gasteiger partial charge on any atom is 0.240 e. The molecule has 1 saturated carbocycles. The highest BCUT2D eigenvalue weighted by molar-refractivity contribution is 5.83. The Morgan fingerprint density at radius 1 is 1.30 bits per heavy atom. The van der Waals surface area contributed by atoms with E-state index in [-0.39, 0.29) is 12.1 Å². The molecular weight excluding hydrogens is 252 g/mol. The monoisotopic (exact) mass is 280 g/mol. The quantitative estimate of drug-likeness (QED) is 0.853. The molecule has 4 heteroatoms. The third-order valence-corrected chi connectivity index (χ3v) is 5.26. The predicted octanol–water partition coefficient (Wildman–Crippen LogP) is 1.79. The molecule has 114 valence electrons. The maximum absolute atomic E-state index is 12.8. The van der Waals surface area contributed by atoms with Crippen molar-refractivity contribution < 1.29 is 9.53 Å². The van der Waals surface area contributed by atoms with Gasteiger partial charge in [0, 0.05) is 19.7 Å². The van der Waals surface area contributed by atoms with Crippen LogP contribution >= 0.6 is 0 Å². The van der Waals surface area contributed by atoms with Gasteiger partial charge < -0.3 is 15.0 Å². The van der Waals surface area contributed by atoms with Gasteiger partial charge in [-0.2, -0.15) is 0 Å². The second-order valence-electron chi connectivity index (χ2n) is 6.66. The zero-order chi connectivity index (χ0) is 13.9. The van der Waals surface area contributed by atoms with Crippen LogP contribution in [0, 0.1) is 11.8 Å². The lowest BCUT2D eigenvalue weighted by molar-refractivity contribution is -0.138. The molecule has 3 aliphatic rings. The molecule has 3 rings (SSSR count). The molecule has 2 heterocycles. The molecule has 0 aromatic heterocycles. The number of nitrogens with zero attached hydrogens (tertiary/aromatic N) is 1. The van der Waals surface area contributed by atoms with Gasteiger partial charge in [-0.05, 0) is 50.5 Å². The van der Waals surface area contributed by atoms with Gasteiger partial charge in [0.25, 0.3) is 0 Å². The Labute approximate surface area is 122 Å². The summed E-state index contributed by atoms with van der Waals surface area (Å²) in [4.78, 5) is 14.8. The van der Waals surface area contributed by atoms with Crippen LogP contribution in [0.4, 0.5) is 0 Å². The van der Waals surface area contributed by atoms with Gasteiger partial charge in [-0.15, -0.1) is 0 Å². The molecule has 20 heavy (non-hydrogen) atoms. The minimum absolute atomic E-state index is 0.0902. The lowest BCUT2D eigenvalue weighted by Gasteiger charge is -2.35. The van der Waals surface area contributed by atoms with Crippen LogP contribution in [0.2, 0.25) is 0 Å². The van der Waals surface area contributed by atoms with E-state index in [1.54, 1.807) is 0 Å². The molecule has 1 amide bonds. The number of nitrogens with one attached hydrogen (secondary N) is 1. The van der Waals surface area contributed by atoms with Gasteiger partial charge in [0.05, 0.1) is 12.1 Å². The molecular formula is C16H28N2O2. The summed E-state index contributed by atoms with van der Waals surface area (Å²) in [5.74, 6) is 1.68. The Morgan fingerprint density at radius 3 is 3.05 bits per heavy atom. The Balaban J connectivity index is 1.56. The van der Waals surface area contributed by atoms with Gasteiger partial charge in [-0.3, -0.25) is 4.79 Å². The molecule has 1 aliphatic carbocycles. The topological polar surface area (TPSA) is 41.6 Å². The Kier molecular flexibility index (Phi) is 4.61. The number of fused-ring (bicyclic) bond motifs is 1. The lowest BCUT2D eigenvalue weighted by atomic mass is 9.93. The Hall–Kier alpha value is -0.610. The van der Waals surface area contributed by atoms with Gasteiger partial charge in [0.15, 0.2) is 0 Å². The summed E-state index contributed by atoms with van der Waals surface area (Å²) in [5, 5.41) is 3.48. The van der Waals surface area contributed by atoms with Crippen molar-refractivity contribution >= 4 is 5.91 Å². The van der Waals surface area contributed by atoms with Gasteiger partial charge in [-0.25, -0.2) is 0 Å². The first-order valence-corrected chi connectivity index (χ1v) is 8.43. The van der Waals surface area contributed by atoms with Crippen molar-refractivity contribution in [3.8, 4) is 0 Å². The molecule has 0 bridgehead atoms. The number of amides is 1. The molecule has 0 aromatic carbocycles. The summed E-state index contributed by atoms with van der Waals surface area (Å²) in [5.41, 5.74) is 0. The summed E-state index contributed by atoms with van der Waals surface area (Å²) >= 11 is 0. The number of carbonyl (C=O) groups excluding carboxylic acids is 1. The molecule has 4 unspecified atom stereocenters. The zero-order valence-electron chi connectivity index (χ0n) is 12.6. The number of rotatable bonds is 4. The molecule has 2 saturated heterocycles. The average Bonchev–Trinajstić information content (AvgIpc) is 3.07. The van der Waals surface area contributed by atoms with Gasteiger partial charge in [-0.1, -0.05) is 13.3 Å². The van der Waals surface area contributed by atoms with E-state index >= 15 is 0 Å². The van der Waals surface area contributed by atoms with Gasteiger partial charge >= 0.3 is 0 Å². The van der Waals surface area contributed by atoms with E-state index in [9.17, 15) is 4.79 Å². The fraction of sp³-hybridized carbons (Fsp3) is 0.938. The van der Waals surface area contributed by atoms with Crippen LogP contribution in [-0.2, 0) is 9.53 Å². The van der Waals surface area contributed by atoms with E-state index in [1.165, 1.54) is 19.3 Å². The van der Waals surface area contributed by atoms with Crippen LogP contribution in [0.3, 0.4) is 0 Å². The van der Waals surface area contributed by atoms with Crippen LogP contribution in [0.15, 0.2) is 0 Å². The van der Waals surface area contributed by atoms with Crippen molar-refractivity contribution in [3.63, 3.8) is 0 Å². The molecule has 0 radical (unpaired) electrons. The summed E-state index contributed by atoms with van der Waals surface area (Å²) < 4.78 is 5.85. The molecule has 4 nitrogen and oxygen atoms in total. The van der Waals surface area contributed by atoms with Crippen LogP contribution in [0.5, 0.6) is 0 Å².